The highest BCUT2D eigenvalue weighted by molar-refractivity contribution is 6.31. The van der Waals surface area contributed by atoms with Crippen LogP contribution in [0.25, 0.3) is 0 Å². The Bertz CT molecular complexity index is 854. The molecule has 0 radical (unpaired) electrons. The van der Waals surface area contributed by atoms with Crippen LogP contribution in [0.3, 0.4) is 0 Å². The molecule has 1 aromatic heterocycles. The van der Waals surface area contributed by atoms with Crippen molar-refractivity contribution in [3.8, 4) is 0 Å². The van der Waals surface area contributed by atoms with Crippen molar-refractivity contribution in [1.82, 2.24) is 14.9 Å². The van der Waals surface area contributed by atoms with Gasteiger partial charge in [0, 0.05) is 35.6 Å². The van der Waals surface area contributed by atoms with E-state index in [1.54, 1.807) is 4.90 Å². The molecule has 132 valence electrons. The molecule has 0 aliphatic carbocycles. The molecule has 3 rings (SSSR count). The number of likely N-dealkylation sites (tertiary alicyclic amines) is 1. The molecule has 1 aromatic carbocycles. The van der Waals surface area contributed by atoms with Gasteiger partial charge >= 0.3 is 0 Å². The van der Waals surface area contributed by atoms with Gasteiger partial charge in [0.1, 0.15) is 11.4 Å². The minimum atomic E-state index is -0.383. The van der Waals surface area contributed by atoms with Crippen LogP contribution in [-0.4, -0.2) is 33.9 Å². The van der Waals surface area contributed by atoms with Gasteiger partial charge in [0.15, 0.2) is 0 Å². The third kappa shape index (κ3) is 3.61. The number of carbonyl (C=O) groups excluding carboxylic acids is 1. The van der Waals surface area contributed by atoms with E-state index in [0.29, 0.717) is 18.9 Å². The second kappa shape index (κ2) is 6.64. The molecule has 0 saturated carbocycles. The molecule has 2 aromatic rings. The summed E-state index contributed by atoms with van der Waals surface area (Å²) in [5.41, 5.74) is 0.484. The number of benzene rings is 1. The predicted molar refractivity (Wildman–Crippen MR) is 98.3 cm³/mol. The molecule has 25 heavy (non-hydrogen) atoms. The van der Waals surface area contributed by atoms with Gasteiger partial charge in [-0.3, -0.25) is 9.59 Å². The maximum absolute atomic E-state index is 12.7. The largest absolute Gasteiger partial charge is 0.338 e. The number of nitrogens with zero attached hydrogens (tertiary/aromatic N) is 2. The fourth-order valence-electron chi connectivity index (χ4n) is 3.10. The lowest BCUT2D eigenvalue weighted by Gasteiger charge is -2.19. The molecule has 1 aliphatic heterocycles. The number of hydrogen-bond donors (Lipinski definition) is 1. The third-order valence-electron chi connectivity index (χ3n) is 4.56. The van der Waals surface area contributed by atoms with Crippen molar-refractivity contribution in [2.45, 2.75) is 38.5 Å². The monoisotopic (exact) mass is 359 g/mol. The molecule has 1 amide bonds. The van der Waals surface area contributed by atoms with E-state index in [-0.39, 0.29) is 28.4 Å². The number of H-pyrrole nitrogens is 1. The first-order chi connectivity index (χ1) is 11.8. The molecule has 1 saturated heterocycles. The van der Waals surface area contributed by atoms with Crippen molar-refractivity contribution in [2.24, 2.45) is 0 Å². The van der Waals surface area contributed by atoms with E-state index < -0.39 is 0 Å². The van der Waals surface area contributed by atoms with Gasteiger partial charge in [-0.05, 0) is 18.1 Å². The highest BCUT2D eigenvalue weighted by Crippen LogP contribution is 2.32. The van der Waals surface area contributed by atoms with Gasteiger partial charge in [-0.2, -0.15) is 0 Å². The summed E-state index contributed by atoms with van der Waals surface area (Å²) in [5.74, 6) is 0.492. The van der Waals surface area contributed by atoms with Crippen LogP contribution in [0.4, 0.5) is 0 Å². The van der Waals surface area contributed by atoms with Crippen LogP contribution in [-0.2, 0) is 5.41 Å². The lowest BCUT2D eigenvalue weighted by Crippen LogP contribution is -2.34. The quantitative estimate of drug-likeness (QED) is 0.894. The number of aromatic amines is 1. The lowest BCUT2D eigenvalue weighted by atomic mass is 9.96. The van der Waals surface area contributed by atoms with Crippen LogP contribution in [0.5, 0.6) is 0 Å². The lowest BCUT2D eigenvalue weighted by molar-refractivity contribution is 0.0788. The van der Waals surface area contributed by atoms with E-state index in [4.69, 9.17) is 11.6 Å². The Labute approximate surface area is 152 Å². The zero-order chi connectivity index (χ0) is 18.2. The summed E-state index contributed by atoms with van der Waals surface area (Å²) < 4.78 is 0. The number of rotatable bonds is 2. The number of amides is 1. The second-order valence-electron chi connectivity index (χ2n) is 7.48. The van der Waals surface area contributed by atoms with Crippen molar-refractivity contribution in [3.05, 3.63) is 62.8 Å². The fraction of sp³-hybridized carbons (Fsp3) is 0.421. The maximum Gasteiger partial charge on any atom is 0.263 e. The number of carbonyl (C=O) groups is 1. The van der Waals surface area contributed by atoms with Crippen LogP contribution in [0.2, 0.25) is 5.02 Å². The molecule has 1 aliphatic rings. The van der Waals surface area contributed by atoms with Crippen LogP contribution >= 0.6 is 11.6 Å². The standard InChI is InChI=1S/C19H22ClN3O2/c1-19(2,3)18-21-10-14(16(24)22-18)17(25)23-9-8-12(11-23)13-6-4-5-7-15(13)20/h4-7,10,12H,8-9,11H2,1-3H3,(H,21,22,24). The van der Waals surface area contributed by atoms with Gasteiger partial charge in [-0.1, -0.05) is 50.6 Å². The molecule has 1 fully saturated rings. The average Bonchev–Trinajstić information content (AvgIpc) is 3.03. The summed E-state index contributed by atoms with van der Waals surface area (Å²) in [7, 11) is 0. The first-order valence-corrected chi connectivity index (χ1v) is 8.78. The Morgan fingerprint density at radius 1 is 1.32 bits per heavy atom. The Morgan fingerprint density at radius 3 is 2.68 bits per heavy atom. The van der Waals surface area contributed by atoms with Crippen molar-refractivity contribution >= 4 is 17.5 Å². The molecule has 6 heteroatoms. The van der Waals surface area contributed by atoms with E-state index in [9.17, 15) is 9.59 Å². The summed E-state index contributed by atoms with van der Waals surface area (Å²) in [6.07, 6.45) is 2.23. The Balaban J connectivity index is 1.79. The van der Waals surface area contributed by atoms with Gasteiger partial charge in [0.2, 0.25) is 0 Å². The van der Waals surface area contributed by atoms with Crippen LogP contribution in [0.15, 0.2) is 35.3 Å². The maximum atomic E-state index is 12.7. The molecule has 1 atom stereocenters. The zero-order valence-corrected chi connectivity index (χ0v) is 15.4. The molecular weight excluding hydrogens is 338 g/mol. The summed E-state index contributed by atoms with van der Waals surface area (Å²) >= 11 is 6.27. The van der Waals surface area contributed by atoms with Gasteiger partial charge in [-0.25, -0.2) is 4.98 Å². The van der Waals surface area contributed by atoms with E-state index in [2.05, 4.69) is 9.97 Å². The Morgan fingerprint density at radius 2 is 2.04 bits per heavy atom. The van der Waals surface area contributed by atoms with Gasteiger partial charge in [0.25, 0.3) is 11.5 Å². The van der Waals surface area contributed by atoms with Gasteiger partial charge in [0.05, 0.1) is 0 Å². The molecule has 1 unspecified atom stereocenters. The van der Waals surface area contributed by atoms with Crippen molar-refractivity contribution in [3.63, 3.8) is 0 Å². The summed E-state index contributed by atoms with van der Waals surface area (Å²) in [4.78, 5) is 33.8. The van der Waals surface area contributed by atoms with Crippen molar-refractivity contribution in [1.29, 1.82) is 0 Å². The first-order valence-electron chi connectivity index (χ1n) is 8.41. The zero-order valence-electron chi connectivity index (χ0n) is 14.7. The first kappa shape index (κ1) is 17.7. The number of halogens is 1. The number of hydrogen-bond acceptors (Lipinski definition) is 3. The van der Waals surface area contributed by atoms with Crippen molar-refractivity contribution < 1.29 is 4.79 Å². The molecular formula is C19H22ClN3O2. The molecule has 2 heterocycles. The average molecular weight is 360 g/mol. The van der Waals surface area contributed by atoms with Crippen LogP contribution in [0, 0.1) is 0 Å². The summed E-state index contributed by atoms with van der Waals surface area (Å²) in [6.45, 7) is 7.04. The second-order valence-corrected chi connectivity index (χ2v) is 7.89. The topological polar surface area (TPSA) is 66.1 Å². The minimum Gasteiger partial charge on any atom is -0.338 e. The predicted octanol–water partition coefficient (Wildman–Crippen LogP) is 3.35. The van der Waals surface area contributed by atoms with E-state index in [1.165, 1.54) is 6.20 Å². The Hall–Kier alpha value is -2.14. The fourth-order valence-corrected chi connectivity index (χ4v) is 3.39. The van der Waals surface area contributed by atoms with Gasteiger partial charge in [-0.15, -0.1) is 0 Å². The minimum absolute atomic E-state index is 0.0906. The smallest absolute Gasteiger partial charge is 0.263 e. The van der Waals surface area contributed by atoms with E-state index in [0.717, 1.165) is 17.0 Å². The molecule has 5 nitrogen and oxygen atoms in total. The molecule has 1 N–H and O–H groups in total. The SMILES string of the molecule is CC(C)(C)c1ncc(C(=O)N2CCC(c3ccccc3Cl)C2)c(=O)[nH]1. The highest BCUT2D eigenvalue weighted by atomic mass is 35.5. The molecule has 0 spiro atoms. The van der Waals surface area contributed by atoms with Crippen LogP contribution < -0.4 is 5.56 Å². The van der Waals surface area contributed by atoms with E-state index in [1.807, 2.05) is 45.0 Å². The number of nitrogens with one attached hydrogen (secondary N) is 1. The summed E-state index contributed by atoms with van der Waals surface area (Å²) in [6, 6.07) is 7.70. The Kier molecular flexibility index (Phi) is 4.69. The van der Waals surface area contributed by atoms with Crippen LogP contribution in [0.1, 0.15) is 54.9 Å². The summed E-state index contributed by atoms with van der Waals surface area (Å²) in [5, 5.41) is 0.718. The van der Waals surface area contributed by atoms with Gasteiger partial charge < -0.3 is 9.88 Å². The highest BCUT2D eigenvalue weighted by Gasteiger charge is 2.30. The van der Waals surface area contributed by atoms with Crippen molar-refractivity contribution in [2.75, 3.05) is 13.1 Å². The number of aromatic nitrogens is 2. The third-order valence-corrected chi connectivity index (χ3v) is 4.90. The normalized spacial score (nSPS) is 17.8. The molecule has 0 bridgehead atoms. The van der Waals surface area contributed by atoms with E-state index >= 15 is 0 Å².